The highest BCUT2D eigenvalue weighted by Crippen LogP contribution is 1.92. The molecule has 1 aliphatic heterocycles. The van der Waals surface area contributed by atoms with Crippen LogP contribution in [-0.4, -0.2) is 8.94 Å². The first-order chi connectivity index (χ1) is 6.61. The topological polar surface area (TPSA) is 71.9 Å². The highest BCUT2D eigenvalue weighted by Gasteiger charge is 2.02. The van der Waals surface area contributed by atoms with Gasteiger partial charge < -0.3 is 0 Å². The quantitative estimate of drug-likeness (QED) is 0.580. The molecular weight excluding hydrogens is 204 g/mol. The molecule has 0 spiro atoms. The van der Waals surface area contributed by atoms with Crippen LogP contribution < -0.4 is 16.5 Å². The highest BCUT2D eigenvalue weighted by molar-refractivity contribution is 7.03. The molecule has 1 heterocycles. The van der Waals surface area contributed by atoms with E-state index in [4.69, 9.17) is 0 Å². The molecule has 0 radical (unpaired) electrons. The number of nitrogens with zero attached hydrogens (tertiary/aromatic N) is 1. The third-order valence-corrected chi connectivity index (χ3v) is 2.77. The second-order valence-corrected chi connectivity index (χ2v) is 3.66. The van der Waals surface area contributed by atoms with Gasteiger partial charge in [0.05, 0.1) is 4.53 Å². The molecule has 1 aliphatic carbocycles. The summed E-state index contributed by atoms with van der Waals surface area (Å²) in [7, 11) is 1.45. The summed E-state index contributed by atoms with van der Waals surface area (Å²) < 4.78 is 4.24. The highest BCUT2D eigenvalue weighted by atomic mass is 32.1. The summed E-state index contributed by atoms with van der Waals surface area (Å²) in [6, 6.07) is 2.74. The molecule has 0 aromatic heterocycles. The van der Waals surface area contributed by atoms with Gasteiger partial charge in [0.15, 0.2) is 0 Å². The summed E-state index contributed by atoms with van der Waals surface area (Å²) in [4.78, 5) is 33.7. The van der Waals surface area contributed by atoms with Gasteiger partial charge in [0.25, 0.3) is 5.43 Å². The Morgan fingerprint density at radius 1 is 1.29 bits per heavy atom. The number of hydrogen-bond donors (Lipinski definition) is 1. The van der Waals surface area contributed by atoms with E-state index >= 15 is 0 Å². The van der Waals surface area contributed by atoms with Crippen molar-refractivity contribution in [3.05, 3.63) is 52.9 Å². The van der Waals surface area contributed by atoms with Gasteiger partial charge in [0.1, 0.15) is 5.35 Å². The van der Waals surface area contributed by atoms with Crippen molar-refractivity contribution >= 4 is 11.5 Å². The maximum absolute atomic E-state index is 11.4. The number of aromatic amines is 1. The lowest BCUT2D eigenvalue weighted by Crippen LogP contribution is -2.31. The Morgan fingerprint density at radius 3 is 2.71 bits per heavy atom. The van der Waals surface area contributed by atoms with Crippen LogP contribution in [0, 0.1) is 9.88 Å². The number of H-pyrrole nitrogens is 1. The normalized spacial score (nSPS) is 10.6. The van der Waals surface area contributed by atoms with Crippen LogP contribution in [-0.2, 0) is 7.05 Å². The second-order valence-electron chi connectivity index (χ2n) is 2.81. The number of hydrogen-bond acceptors (Lipinski definition) is 4. The summed E-state index contributed by atoms with van der Waals surface area (Å²) in [5.41, 5.74) is -1.62. The van der Waals surface area contributed by atoms with E-state index in [9.17, 15) is 14.4 Å². The molecule has 1 N–H and O–H groups in total. The molecule has 0 saturated heterocycles. The average molecular weight is 210 g/mol. The molecular formula is C8H6N2O3S. The molecule has 2 aliphatic rings. The van der Waals surface area contributed by atoms with Crippen LogP contribution in [0.5, 0.6) is 0 Å². The minimum absolute atomic E-state index is 0.159. The first kappa shape index (κ1) is 8.89. The first-order valence-electron chi connectivity index (χ1n) is 3.83. The summed E-state index contributed by atoms with van der Waals surface area (Å²) in [5.74, 6) is 0. The number of rotatable bonds is 0. The van der Waals surface area contributed by atoms with Crippen molar-refractivity contribution in [2.24, 2.45) is 7.05 Å². The molecule has 6 heteroatoms. The van der Waals surface area contributed by atoms with E-state index in [2.05, 4.69) is 4.37 Å². The van der Waals surface area contributed by atoms with Crippen molar-refractivity contribution in [3.63, 3.8) is 0 Å². The van der Waals surface area contributed by atoms with E-state index in [1.807, 2.05) is 0 Å². The van der Waals surface area contributed by atoms with Crippen LogP contribution in [0.4, 0.5) is 0 Å². The van der Waals surface area contributed by atoms with Crippen LogP contribution in [0.3, 0.4) is 0 Å². The van der Waals surface area contributed by atoms with Crippen LogP contribution in [0.1, 0.15) is 0 Å². The standard InChI is InChI=1S/C8H6N2O3S/c1-10-6-5(14-9-8(10)13)3-2-4(11)7(6)12/h2-3H,1H3,(H,9,13). The summed E-state index contributed by atoms with van der Waals surface area (Å²) in [5, 5.41) is 0.159. The average Bonchev–Trinajstić information content (AvgIpc) is 2.17. The summed E-state index contributed by atoms with van der Waals surface area (Å²) in [6.07, 6.45) is 0. The second kappa shape index (κ2) is 2.91. The van der Waals surface area contributed by atoms with Crippen molar-refractivity contribution in [1.82, 2.24) is 8.94 Å². The molecule has 0 unspecified atom stereocenters. The summed E-state index contributed by atoms with van der Waals surface area (Å²) in [6.45, 7) is 0. The SMILES string of the molecule is Cn1c(=O)[nH]sc2ccc(=O)c(=O)c1=2. The Hall–Kier alpha value is -1.69. The third-order valence-electron chi connectivity index (χ3n) is 1.95. The lowest BCUT2D eigenvalue weighted by atomic mass is 10.3. The zero-order chi connectivity index (χ0) is 10.3. The molecule has 0 saturated carbocycles. The van der Waals surface area contributed by atoms with Gasteiger partial charge >= 0.3 is 5.69 Å². The molecule has 0 bridgehead atoms. The monoisotopic (exact) mass is 210 g/mol. The Bertz CT molecular complexity index is 702. The minimum Gasteiger partial charge on any atom is -0.291 e. The molecule has 0 aromatic carbocycles. The molecule has 2 rings (SSSR count). The van der Waals surface area contributed by atoms with Gasteiger partial charge in [-0.05, 0) is 12.1 Å². The third kappa shape index (κ3) is 1.12. The predicted molar refractivity (Wildman–Crippen MR) is 51.8 cm³/mol. The van der Waals surface area contributed by atoms with E-state index in [0.29, 0.717) is 4.53 Å². The minimum atomic E-state index is -0.632. The van der Waals surface area contributed by atoms with Crippen molar-refractivity contribution in [3.8, 4) is 0 Å². The fraction of sp³-hybridized carbons (Fsp3) is 0.125. The van der Waals surface area contributed by atoms with Gasteiger partial charge in [0.2, 0.25) is 5.43 Å². The van der Waals surface area contributed by atoms with Crippen LogP contribution in [0.25, 0.3) is 0 Å². The maximum atomic E-state index is 11.4. The Labute approximate surface area is 81.1 Å². The van der Waals surface area contributed by atoms with Gasteiger partial charge in [-0.3, -0.25) is 18.5 Å². The molecule has 14 heavy (non-hydrogen) atoms. The molecule has 5 nitrogen and oxygen atoms in total. The van der Waals surface area contributed by atoms with E-state index in [-0.39, 0.29) is 5.35 Å². The number of aromatic nitrogens is 2. The van der Waals surface area contributed by atoms with Gasteiger partial charge in [-0.15, -0.1) is 0 Å². The Kier molecular flexibility index (Phi) is 1.85. The van der Waals surface area contributed by atoms with Crippen LogP contribution >= 0.6 is 11.5 Å². The lowest BCUT2D eigenvalue weighted by Gasteiger charge is -1.96. The van der Waals surface area contributed by atoms with Crippen molar-refractivity contribution in [2.75, 3.05) is 0 Å². The lowest BCUT2D eigenvalue weighted by molar-refractivity contribution is 0.793. The van der Waals surface area contributed by atoms with Gasteiger partial charge in [-0.25, -0.2) is 4.79 Å². The largest absolute Gasteiger partial charge is 0.335 e. The van der Waals surface area contributed by atoms with Crippen LogP contribution in [0.2, 0.25) is 0 Å². The predicted octanol–water partition coefficient (Wildman–Crippen LogP) is -0.780. The molecule has 0 fully saturated rings. The van der Waals surface area contributed by atoms with Crippen molar-refractivity contribution in [1.29, 1.82) is 0 Å². The number of nitrogens with one attached hydrogen (secondary N) is 1. The summed E-state index contributed by atoms with van der Waals surface area (Å²) >= 11 is 1.04. The Balaban J connectivity index is 3.35. The van der Waals surface area contributed by atoms with Gasteiger partial charge in [-0.2, -0.15) is 0 Å². The van der Waals surface area contributed by atoms with E-state index < -0.39 is 16.5 Å². The van der Waals surface area contributed by atoms with Gasteiger partial charge in [-0.1, -0.05) is 11.5 Å². The first-order valence-corrected chi connectivity index (χ1v) is 4.64. The Morgan fingerprint density at radius 2 is 2.00 bits per heavy atom. The maximum Gasteiger partial charge on any atom is 0.335 e. The van der Waals surface area contributed by atoms with E-state index in [0.717, 1.165) is 16.1 Å². The zero-order valence-corrected chi connectivity index (χ0v) is 8.05. The smallest absolute Gasteiger partial charge is 0.291 e. The molecule has 0 atom stereocenters. The molecule has 72 valence electrons. The van der Waals surface area contributed by atoms with Crippen molar-refractivity contribution < 1.29 is 0 Å². The van der Waals surface area contributed by atoms with Crippen molar-refractivity contribution in [2.45, 2.75) is 0 Å². The van der Waals surface area contributed by atoms with E-state index in [1.54, 1.807) is 0 Å². The van der Waals surface area contributed by atoms with E-state index in [1.165, 1.54) is 19.2 Å². The fourth-order valence-corrected chi connectivity index (χ4v) is 2.00. The van der Waals surface area contributed by atoms with Gasteiger partial charge in [0, 0.05) is 7.05 Å². The molecule has 0 amide bonds. The van der Waals surface area contributed by atoms with Crippen LogP contribution in [0.15, 0.2) is 26.5 Å². The molecule has 0 aromatic rings. The fourth-order valence-electron chi connectivity index (χ4n) is 1.20. The zero-order valence-electron chi connectivity index (χ0n) is 7.23.